The van der Waals surface area contributed by atoms with Crippen molar-refractivity contribution in [3.8, 4) is 5.75 Å². The van der Waals surface area contributed by atoms with E-state index < -0.39 is 0 Å². The predicted molar refractivity (Wildman–Crippen MR) is 77.2 cm³/mol. The molecule has 1 aromatic carbocycles. The molecule has 3 nitrogen and oxygen atoms in total. The van der Waals surface area contributed by atoms with E-state index in [1.54, 1.807) is 18.5 Å². The van der Waals surface area contributed by atoms with Gasteiger partial charge in [0.05, 0.1) is 6.61 Å². The number of halogens is 1. The van der Waals surface area contributed by atoms with Crippen LogP contribution in [0.5, 0.6) is 5.75 Å². The van der Waals surface area contributed by atoms with Crippen LogP contribution >= 0.6 is 0 Å². The smallest absolute Gasteiger partial charge is 0.165 e. The molecule has 0 radical (unpaired) electrons. The average molecular weight is 274 g/mol. The molecule has 2 rings (SSSR count). The summed E-state index contributed by atoms with van der Waals surface area (Å²) in [5.41, 5.74) is 1.98. The van der Waals surface area contributed by atoms with Crippen molar-refractivity contribution in [2.45, 2.75) is 19.9 Å². The van der Waals surface area contributed by atoms with Gasteiger partial charge < -0.3 is 10.1 Å². The first kappa shape index (κ1) is 14.5. The molecule has 106 valence electrons. The van der Waals surface area contributed by atoms with E-state index in [2.05, 4.69) is 10.3 Å². The lowest BCUT2D eigenvalue weighted by atomic mass is 10.2. The Labute approximate surface area is 118 Å². The van der Waals surface area contributed by atoms with Gasteiger partial charge in [-0.15, -0.1) is 0 Å². The minimum absolute atomic E-state index is 0.310. The fraction of sp³-hybridized carbons (Fsp3) is 0.312. The van der Waals surface area contributed by atoms with Gasteiger partial charge in [0.1, 0.15) is 0 Å². The Hall–Kier alpha value is -1.94. The zero-order chi connectivity index (χ0) is 14.2. The van der Waals surface area contributed by atoms with Gasteiger partial charge in [-0.3, -0.25) is 4.98 Å². The molecule has 0 spiro atoms. The lowest BCUT2D eigenvalue weighted by Crippen LogP contribution is -2.14. The summed E-state index contributed by atoms with van der Waals surface area (Å²) in [5, 5.41) is 3.19. The van der Waals surface area contributed by atoms with Crippen molar-refractivity contribution in [2.24, 2.45) is 0 Å². The molecule has 1 aromatic heterocycles. The summed E-state index contributed by atoms with van der Waals surface area (Å²) in [6, 6.07) is 8.89. The van der Waals surface area contributed by atoms with E-state index in [1.807, 2.05) is 25.1 Å². The second-order valence-electron chi connectivity index (χ2n) is 4.46. The third-order valence-electron chi connectivity index (χ3n) is 3.00. The van der Waals surface area contributed by atoms with Gasteiger partial charge in [-0.2, -0.15) is 0 Å². The fourth-order valence-electron chi connectivity index (χ4n) is 1.93. The number of nitrogens with one attached hydrogen (secondary N) is 1. The SMILES string of the molecule is CCNCc1cccc(F)c1OCCc1ccncc1. The highest BCUT2D eigenvalue weighted by molar-refractivity contribution is 5.35. The van der Waals surface area contributed by atoms with E-state index in [4.69, 9.17) is 4.74 Å². The summed E-state index contributed by atoms with van der Waals surface area (Å²) in [4.78, 5) is 3.96. The molecule has 0 saturated carbocycles. The predicted octanol–water partition coefficient (Wildman–Crippen LogP) is 2.95. The summed E-state index contributed by atoms with van der Waals surface area (Å²) in [6.45, 7) is 3.92. The van der Waals surface area contributed by atoms with Crippen molar-refractivity contribution in [2.75, 3.05) is 13.2 Å². The number of ether oxygens (including phenoxy) is 1. The van der Waals surface area contributed by atoms with Crippen LogP contribution in [0.25, 0.3) is 0 Å². The van der Waals surface area contributed by atoms with Crippen LogP contribution in [-0.2, 0) is 13.0 Å². The van der Waals surface area contributed by atoms with Crippen LogP contribution in [0, 0.1) is 5.82 Å². The maximum absolute atomic E-state index is 13.8. The molecule has 0 fully saturated rings. The second kappa shape index (κ2) is 7.60. The van der Waals surface area contributed by atoms with Crippen LogP contribution in [0.1, 0.15) is 18.1 Å². The molecular formula is C16H19FN2O. The van der Waals surface area contributed by atoms with E-state index in [9.17, 15) is 4.39 Å². The van der Waals surface area contributed by atoms with E-state index in [0.717, 1.165) is 24.1 Å². The third-order valence-corrected chi connectivity index (χ3v) is 3.00. The first-order valence-corrected chi connectivity index (χ1v) is 6.81. The Kier molecular flexibility index (Phi) is 5.50. The third kappa shape index (κ3) is 4.03. The van der Waals surface area contributed by atoms with Gasteiger partial charge in [-0.05, 0) is 30.3 Å². The second-order valence-corrected chi connectivity index (χ2v) is 4.46. The van der Waals surface area contributed by atoms with Crippen molar-refractivity contribution >= 4 is 0 Å². The Morgan fingerprint density at radius 2 is 2.00 bits per heavy atom. The number of pyridine rings is 1. The minimum atomic E-state index is -0.310. The molecule has 0 amide bonds. The fourth-order valence-corrected chi connectivity index (χ4v) is 1.93. The van der Waals surface area contributed by atoms with Crippen LogP contribution < -0.4 is 10.1 Å². The van der Waals surface area contributed by atoms with E-state index in [-0.39, 0.29) is 5.82 Å². The maximum Gasteiger partial charge on any atom is 0.165 e. The number of aromatic nitrogens is 1. The molecule has 1 N–H and O–H groups in total. The first-order valence-electron chi connectivity index (χ1n) is 6.81. The van der Waals surface area contributed by atoms with Crippen LogP contribution in [0.3, 0.4) is 0 Å². The number of benzene rings is 1. The summed E-state index contributed by atoms with van der Waals surface area (Å²) >= 11 is 0. The normalized spacial score (nSPS) is 10.5. The molecule has 0 atom stereocenters. The zero-order valence-electron chi connectivity index (χ0n) is 11.6. The van der Waals surface area contributed by atoms with Crippen molar-refractivity contribution in [3.05, 3.63) is 59.7 Å². The first-order chi connectivity index (χ1) is 9.81. The molecular weight excluding hydrogens is 255 g/mol. The highest BCUT2D eigenvalue weighted by Crippen LogP contribution is 2.22. The van der Waals surface area contributed by atoms with Crippen molar-refractivity contribution in [1.82, 2.24) is 10.3 Å². The Morgan fingerprint density at radius 1 is 1.20 bits per heavy atom. The highest BCUT2D eigenvalue weighted by Gasteiger charge is 2.09. The van der Waals surface area contributed by atoms with Crippen LogP contribution in [0.15, 0.2) is 42.7 Å². The van der Waals surface area contributed by atoms with Gasteiger partial charge in [0.2, 0.25) is 0 Å². The molecule has 0 aliphatic carbocycles. The summed E-state index contributed by atoms with van der Waals surface area (Å²) in [7, 11) is 0. The standard InChI is InChI=1S/C16H19FN2O/c1-2-18-12-14-4-3-5-15(17)16(14)20-11-8-13-6-9-19-10-7-13/h3-7,9-10,18H,2,8,11-12H2,1H3. The number of nitrogens with zero attached hydrogens (tertiary/aromatic N) is 1. The molecule has 0 aliphatic rings. The van der Waals surface area contributed by atoms with Crippen LogP contribution in [0.2, 0.25) is 0 Å². The van der Waals surface area contributed by atoms with E-state index in [1.165, 1.54) is 6.07 Å². The maximum atomic E-state index is 13.8. The molecule has 0 saturated heterocycles. The number of rotatable bonds is 7. The lowest BCUT2D eigenvalue weighted by Gasteiger charge is -2.12. The molecule has 0 bridgehead atoms. The van der Waals surface area contributed by atoms with E-state index >= 15 is 0 Å². The van der Waals surface area contributed by atoms with Crippen LogP contribution in [0.4, 0.5) is 4.39 Å². The monoisotopic (exact) mass is 274 g/mol. The Balaban J connectivity index is 1.97. The van der Waals surface area contributed by atoms with Crippen molar-refractivity contribution < 1.29 is 9.13 Å². The van der Waals surface area contributed by atoms with E-state index in [0.29, 0.717) is 18.9 Å². The molecule has 0 unspecified atom stereocenters. The largest absolute Gasteiger partial charge is 0.490 e. The summed E-state index contributed by atoms with van der Waals surface area (Å²) in [5.74, 6) is 0.0395. The minimum Gasteiger partial charge on any atom is -0.490 e. The topological polar surface area (TPSA) is 34.1 Å². The van der Waals surface area contributed by atoms with Gasteiger partial charge in [0, 0.05) is 30.9 Å². The number of hydrogen-bond acceptors (Lipinski definition) is 3. The van der Waals surface area contributed by atoms with Crippen molar-refractivity contribution in [1.29, 1.82) is 0 Å². The van der Waals surface area contributed by atoms with Gasteiger partial charge in [-0.1, -0.05) is 19.1 Å². The van der Waals surface area contributed by atoms with Gasteiger partial charge >= 0.3 is 0 Å². The Morgan fingerprint density at radius 3 is 2.75 bits per heavy atom. The van der Waals surface area contributed by atoms with Gasteiger partial charge in [0.15, 0.2) is 11.6 Å². The Bertz CT molecular complexity index is 531. The molecule has 1 heterocycles. The quantitative estimate of drug-likeness (QED) is 0.843. The van der Waals surface area contributed by atoms with Crippen LogP contribution in [-0.4, -0.2) is 18.1 Å². The average Bonchev–Trinajstić information content (AvgIpc) is 2.48. The highest BCUT2D eigenvalue weighted by atomic mass is 19.1. The molecule has 0 aliphatic heterocycles. The zero-order valence-corrected chi connectivity index (χ0v) is 11.6. The van der Waals surface area contributed by atoms with Gasteiger partial charge in [0.25, 0.3) is 0 Å². The molecule has 20 heavy (non-hydrogen) atoms. The summed E-state index contributed by atoms with van der Waals surface area (Å²) < 4.78 is 19.5. The van der Waals surface area contributed by atoms with Crippen molar-refractivity contribution in [3.63, 3.8) is 0 Å². The number of hydrogen-bond donors (Lipinski definition) is 1. The molecule has 4 heteroatoms. The molecule has 2 aromatic rings. The lowest BCUT2D eigenvalue weighted by molar-refractivity contribution is 0.301. The van der Waals surface area contributed by atoms with Gasteiger partial charge in [-0.25, -0.2) is 4.39 Å². The summed E-state index contributed by atoms with van der Waals surface area (Å²) in [6.07, 6.45) is 4.22. The number of para-hydroxylation sites is 1.